The van der Waals surface area contributed by atoms with Crippen molar-refractivity contribution < 1.29 is 0 Å². The van der Waals surface area contributed by atoms with Gasteiger partial charge in [-0.1, -0.05) is 163 Å². The van der Waals surface area contributed by atoms with Crippen LogP contribution in [0.25, 0.3) is 11.1 Å². The number of fused-ring (bicyclic) bond motifs is 4. The second-order valence-electron chi connectivity index (χ2n) is 15.9. The van der Waals surface area contributed by atoms with Gasteiger partial charge in [0.2, 0.25) is 0 Å². The highest BCUT2D eigenvalue weighted by atomic mass is 28.3. The summed E-state index contributed by atoms with van der Waals surface area (Å²) in [4.78, 5) is 4.85. The van der Waals surface area contributed by atoms with Crippen LogP contribution in [0.1, 0.15) is 5.56 Å². The van der Waals surface area contributed by atoms with Crippen molar-refractivity contribution in [1.82, 2.24) is 0 Å². The molecule has 2 heterocycles. The Morgan fingerprint density at radius 2 is 1.03 bits per heavy atom. The summed E-state index contributed by atoms with van der Waals surface area (Å²) in [7, 11) is -1.99. The Bertz CT molecular complexity index is 2920. The summed E-state index contributed by atoms with van der Waals surface area (Å²) in [5.41, 5.74) is 15.7. The molecule has 9 aromatic carbocycles. The molecule has 2 aliphatic rings. The molecule has 284 valence electrons. The summed E-state index contributed by atoms with van der Waals surface area (Å²) in [6.45, 7) is 2.24. The summed E-state index contributed by atoms with van der Waals surface area (Å²) in [6, 6.07) is 82.7. The maximum atomic E-state index is 4.07. The first-order valence-corrected chi connectivity index (χ1v) is 22.8. The van der Waals surface area contributed by atoms with Crippen LogP contribution in [0.2, 0.25) is 0 Å². The summed E-state index contributed by atoms with van der Waals surface area (Å²) in [5.74, 6) is 0. The molecule has 0 saturated carbocycles. The Hall–Kier alpha value is -7.34. The third-order valence-electron chi connectivity index (χ3n) is 12.3. The molecule has 0 aromatic heterocycles. The van der Waals surface area contributed by atoms with Crippen molar-refractivity contribution in [2.75, 3.05) is 15.1 Å². The SMILES string of the molecule is Cc1cc(-c2cccc3c2Nc2ccccc2[Si]3(c2ccccc2)c2ccccc2)c2c(c1)N(c1ccccc1)c1ccc(N(c3ccccc3)c3ccccc3)cc1B2. The number of aryl methyl sites for hydroxylation is 1. The number of para-hydroxylation sites is 5. The van der Waals surface area contributed by atoms with Crippen LogP contribution in [0.15, 0.2) is 224 Å². The molecule has 0 atom stereocenters. The molecule has 0 bridgehead atoms. The van der Waals surface area contributed by atoms with Crippen molar-refractivity contribution >= 4 is 92.5 Å². The zero-order valence-electron chi connectivity index (χ0n) is 33.5. The van der Waals surface area contributed by atoms with Crippen LogP contribution in [0.4, 0.5) is 45.5 Å². The Kier molecular flexibility index (Phi) is 8.83. The fraction of sp³-hybridized carbons (Fsp3) is 0.0182. The predicted molar refractivity (Wildman–Crippen MR) is 259 cm³/mol. The molecule has 11 rings (SSSR count). The highest BCUT2D eigenvalue weighted by Gasteiger charge is 2.47. The highest BCUT2D eigenvalue weighted by Crippen LogP contribution is 2.42. The molecule has 0 radical (unpaired) electrons. The molecule has 60 heavy (non-hydrogen) atoms. The van der Waals surface area contributed by atoms with E-state index >= 15 is 0 Å². The van der Waals surface area contributed by atoms with Gasteiger partial charge < -0.3 is 15.1 Å². The average molecular weight is 784 g/mol. The van der Waals surface area contributed by atoms with Gasteiger partial charge in [-0.15, -0.1) is 0 Å². The maximum Gasteiger partial charge on any atom is 0.198 e. The minimum Gasteiger partial charge on any atom is -0.355 e. The van der Waals surface area contributed by atoms with Crippen LogP contribution in [0.3, 0.4) is 0 Å². The lowest BCUT2D eigenvalue weighted by Crippen LogP contribution is -2.76. The first-order chi connectivity index (χ1) is 29.7. The zero-order valence-corrected chi connectivity index (χ0v) is 34.5. The van der Waals surface area contributed by atoms with Gasteiger partial charge in [-0.25, -0.2) is 0 Å². The van der Waals surface area contributed by atoms with Crippen molar-refractivity contribution in [3.05, 3.63) is 230 Å². The predicted octanol–water partition coefficient (Wildman–Crippen LogP) is 9.74. The van der Waals surface area contributed by atoms with E-state index in [0.29, 0.717) is 0 Å². The average Bonchev–Trinajstić information content (AvgIpc) is 3.31. The molecular formula is C55H42BN3Si. The van der Waals surface area contributed by atoms with E-state index in [2.05, 4.69) is 246 Å². The zero-order chi connectivity index (χ0) is 40.0. The van der Waals surface area contributed by atoms with Gasteiger partial charge in [0.15, 0.2) is 15.4 Å². The van der Waals surface area contributed by atoms with Crippen molar-refractivity contribution in [2.45, 2.75) is 6.92 Å². The molecule has 0 amide bonds. The van der Waals surface area contributed by atoms with Gasteiger partial charge >= 0.3 is 0 Å². The van der Waals surface area contributed by atoms with Crippen LogP contribution in [0, 0.1) is 6.92 Å². The van der Waals surface area contributed by atoms with E-state index in [1.54, 1.807) is 0 Å². The van der Waals surface area contributed by atoms with Crippen LogP contribution in [0.5, 0.6) is 0 Å². The molecule has 0 spiro atoms. The summed E-state index contributed by atoms with van der Waals surface area (Å²) < 4.78 is 0. The van der Waals surface area contributed by atoms with Crippen molar-refractivity contribution in [3.63, 3.8) is 0 Å². The molecule has 2 aliphatic heterocycles. The number of nitrogens with one attached hydrogen (secondary N) is 1. The van der Waals surface area contributed by atoms with E-state index in [4.69, 9.17) is 0 Å². The van der Waals surface area contributed by atoms with Crippen LogP contribution >= 0.6 is 0 Å². The molecule has 0 unspecified atom stereocenters. The molecule has 0 fully saturated rings. The van der Waals surface area contributed by atoms with Crippen LogP contribution < -0.4 is 46.8 Å². The lowest BCUT2D eigenvalue weighted by atomic mass is 9.58. The highest BCUT2D eigenvalue weighted by molar-refractivity contribution is 7.21. The molecule has 1 N–H and O–H groups in total. The fourth-order valence-electron chi connectivity index (χ4n) is 9.86. The first-order valence-electron chi connectivity index (χ1n) is 20.8. The summed E-state index contributed by atoms with van der Waals surface area (Å²) >= 11 is 0. The van der Waals surface area contributed by atoms with Gasteiger partial charge in [0, 0.05) is 51.1 Å². The topological polar surface area (TPSA) is 18.5 Å². The quantitative estimate of drug-likeness (QED) is 0.163. The second kappa shape index (κ2) is 14.8. The van der Waals surface area contributed by atoms with E-state index in [-0.39, 0.29) is 0 Å². The van der Waals surface area contributed by atoms with Crippen molar-refractivity contribution in [1.29, 1.82) is 0 Å². The van der Waals surface area contributed by atoms with E-state index in [0.717, 1.165) is 30.0 Å². The Labute approximate surface area is 354 Å². The number of anilines is 8. The van der Waals surface area contributed by atoms with E-state index in [1.807, 2.05) is 0 Å². The van der Waals surface area contributed by atoms with Crippen LogP contribution in [-0.4, -0.2) is 15.4 Å². The minimum atomic E-state index is -2.78. The first kappa shape index (κ1) is 35.8. The van der Waals surface area contributed by atoms with Crippen molar-refractivity contribution in [3.8, 4) is 11.1 Å². The molecular weight excluding hydrogens is 742 g/mol. The number of benzene rings is 9. The van der Waals surface area contributed by atoms with Gasteiger partial charge in [-0.3, -0.25) is 0 Å². The Morgan fingerprint density at radius 1 is 0.467 bits per heavy atom. The number of hydrogen-bond donors (Lipinski definition) is 1. The molecule has 0 aliphatic carbocycles. The fourth-order valence-corrected chi connectivity index (χ4v) is 14.9. The number of rotatable bonds is 7. The molecule has 9 aromatic rings. The Balaban J connectivity index is 1.15. The monoisotopic (exact) mass is 783 g/mol. The molecule has 3 nitrogen and oxygen atoms in total. The van der Waals surface area contributed by atoms with Gasteiger partial charge in [-0.2, -0.15) is 0 Å². The molecule has 0 saturated heterocycles. The number of nitrogens with zero attached hydrogens (tertiary/aromatic N) is 2. The van der Waals surface area contributed by atoms with Crippen molar-refractivity contribution in [2.24, 2.45) is 0 Å². The third kappa shape index (κ3) is 5.81. The lowest BCUT2D eigenvalue weighted by Gasteiger charge is -2.41. The van der Waals surface area contributed by atoms with Crippen LogP contribution in [-0.2, 0) is 0 Å². The van der Waals surface area contributed by atoms with Gasteiger partial charge in [0.1, 0.15) is 0 Å². The molecule has 5 heteroatoms. The Morgan fingerprint density at radius 3 is 1.68 bits per heavy atom. The van der Waals surface area contributed by atoms with E-state index < -0.39 is 8.07 Å². The second-order valence-corrected chi connectivity index (χ2v) is 19.6. The minimum absolute atomic E-state index is 0.787. The largest absolute Gasteiger partial charge is 0.355 e. The van der Waals surface area contributed by atoms with Gasteiger partial charge in [0.25, 0.3) is 0 Å². The maximum absolute atomic E-state index is 4.07. The van der Waals surface area contributed by atoms with Gasteiger partial charge in [-0.05, 0) is 111 Å². The smallest absolute Gasteiger partial charge is 0.198 e. The third-order valence-corrected chi connectivity index (χ3v) is 17.2. The number of hydrogen-bond acceptors (Lipinski definition) is 3. The van der Waals surface area contributed by atoms with Gasteiger partial charge in [0.05, 0.1) is 0 Å². The standard InChI is InChI=1S/C55H42BN3Si/c1-39-36-47(46-30-19-33-53-55(46)57-49-31-17-18-32-52(49)60(53,44-26-13-5-14-27-44)45-28-15-6-16-29-45)54-51(37-39)59(42-24-11-4-12-25-42)50-35-34-43(38-48(50)56-54)58(40-20-7-2-8-21-40)41-22-9-3-10-23-41/h2-38,56-57H,1H3. The summed E-state index contributed by atoms with van der Waals surface area (Å²) in [5, 5.41) is 9.60. The lowest BCUT2D eigenvalue weighted by molar-refractivity contribution is 1.26. The normalized spacial score (nSPS) is 13.1. The summed E-state index contributed by atoms with van der Waals surface area (Å²) in [6.07, 6.45) is 0. The van der Waals surface area contributed by atoms with E-state index in [1.165, 1.54) is 71.1 Å². The van der Waals surface area contributed by atoms with E-state index in [9.17, 15) is 0 Å².